The maximum atomic E-state index is 5.91. The van der Waals surface area contributed by atoms with Crippen molar-refractivity contribution in [3.05, 3.63) is 70.7 Å². The molecule has 2 aromatic carbocycles. The minimum atomic E-state index is 0.241. The summed E-state index contributed by atoms with van der Waals surface area (Å²) in [6.07, 6.45) is 2.97. The number of hydrogen-bond donors (Lipinski definition) is 0. The normalized spacial score (nSPS) is 21.6. The Morgan fingerprint density at radius 3 is 2.43 bits per heavy atom. The summed E-state index contributed by atoms with van der Waals surface area (Å²) >= 11 is 11.7. The van der Waals surface area contributed by atoms with Gasteiger partial charge >= 0.3 is 0 Å². The Morgan fingerprint density at radius 2 is 1.74 bits per heavy atom. The van der Waals surface area contributed by atoms with Crippen LogP contribution in [0.2, 0.25) is 0 Å². The van der Waals surface area contributed by atoms with E-state index in [-0.39, 0.29) is 5.41 Å². The highest BCUT2D eigenvalue weighted by Crippen LogP contribution is 2.61. The van der Waals surface area contributed by atoms with Crippen molar-refractivity contribution in [2.75, 3.05) is 0 Å². The highest BCUT2D eigenvalue weighted by Gasteiger charge is 2.55. The zero-order valence-electron chi connectivity index (χ0n) is 13.3. The van der Waals surface area contributed by atoms with Gasteiger partial charge in [0.2, 0.25) is 0 Å². The van der Waals surface area contributed by atoms with Crippen LogP contribution in [0, 0.1) is 17.3 Å². The van der Waals surface area contributed by atoms with Gasteiger partial charge in [-0.1, -0.05) is 73.5 Å². The standard InChI is InChI=1S/C20H20Cl2O/c1-20(2)17(18(20)13-19(21)22)12-14-7-6-10-16(11-14)23-15-8-4-3-5-9-15/h3-11,13,17-18H,12H2,1-2H3. The fourth-order valence-electron chi connectivity index (χ4n) is 3.26. The maximum Gasteiger partial charge on any atom is 0.127 e. The summed E-state index contributed by atoms with van der Waals surface area (Å²) in [5, 5.41) is 0. The zero-order valence-corrected chi connectivity index (χ0v) is 14.8. The van der Waals surface area contributed by atoms with Crippen molar-refractivity contribution in [2.24, 2.45) is 17.3 Å². The van der Waals surface area contributed by atoms with E-state index >= 15 is 0 Å². The van der Waals surface area contributed by atoms with Gasteiger partial charge in [0.25, 0.3) is 0 Å². The van der Waals surface area contributed by atoms with Crippen LogP contribution in [-0.2, 0) is 6.42 Å². The molecule has 23 heavy (non-hydrogen) atoms. The predicted molar refractivity (Wildman–Crippen MR) is 97.2 cm³/mol. The third-order valence-corrected chi connectivity index (χ3v) is 5.03. The quantitative estimate of drug-likeness (QED) is 0.591. The summed E-state index contributed by atoms with van der Waals surface area (Å²) in [5.74, 6) is 2.72. The SMILES string of the molecule is CC1(C)C(C=C(Cl)Cl)C1Cc1cccc(Oc2ccccc2)c1. The lowest BCUT2D eigenvalue weighted by molar-refractivity contribution is 0.481. The zero-order chi connectivity index (χ0) is 16.4. The van der Waals surface area contributed by atoms with Gasteiger partial charge in [-0.2, -0.15) is 0 Å². The van der Waals surface area contributed by atoms with Crippen LogP contribution in [0.4, 0.5) is 0 Å². The lowest BCUT2D eigenvalue weighted by Crippen LogP contribution is -1.95. The summed E-state index contributed by atoms with van der Waals surface area (Å²) in [4.78, 5) is 0. The molecule has 0 spiro atoms. The van der Waals surface area contributed by atoms with Gasteiger partial charge < -0.3 is 4.74 Å². The molecule has 0 saturated heterocycles. The van der Waals surface area contributed by atoms with E-state index in [4.69, 9.17) is 27.9 Å². The Hall–Kier alpha value is -1.44. The van der Waals surface area contributed by atoms with Crippen molar-refractivity contribution in [1.29, 1.82) is 0 Å². The molecule has 3 heteroatoms. The lowest BCUT2D eigenvalue weighted by atomic mass is 10.0. The molecule has 1 saturated carbocycles. The molecular weight excluding hydrogens is 327 g/mol. The van der Waals surface area contributed by atoms with Crippen LogP contribution in [0.15, 0.2) is 65.2 Å². The molecule has 120 valence electrons. The topological polar surface area (TPSA) is 9.23 Å². The Balaban J connectivity index is 1.70. The molecule has 2 atom stereocenters. The third-order valence-electron chi connectivity index (χ3n) is 4.78. The Labute approximate surface area is 147 Å². The maximum absolute atomic E-state index is 5.91. The summed E-state index contributed by atoms with van der Waals surface area (Å²) in [6.45, 7) is 4.53. The highest BCUT2D eigenvalue weighted by atomic mass is 35.5. The predicted octanol–water partition coefficient (Wildman–Crippen LogP) is 6.61. The molecule has 1 fully saturated rings. The van der Waals surface area contributed by atoms with E-state index in [0.29, 0.717) is 16.3 Å². The summed E-state index contributed by atoms with van der Waals surface area (Å²) < 4.78 is 6.28. The number of hydrogen-bond acceptors (Lipinski definition) is 1. The van der Waals surface area contributed by atoms with Crippen LogP contribution < -0.4 is 4.74 Å². The average Bonchev–Trinajstić information content (AvgIpc) is 3.00. The van der Waals surface area contributed by atoms with Gasteiger partial charge in [0.15, 0.2) is 0 Å². The van der Waals surface area contributed by atoms with E-state index < -0.39 is 0 Å². The first kappa shape index (κ1) is 16.4. The van der Waals surface area contributed by atoms with Gasteiger partial charge in [-0.3, -0.25) is 0 Å². The van der Waals surface area contributed by atoms with Crippen molar-refractivity contribution < 1.29 is 4.74 Å². The van der Waals surface area contributed by atoms with Crippen LogP contribution in [0.1, 0.15) is 19.4 Å². The third kappa shape index (κ3) is 3.91. The van der Waals surface area contributed by atoms with Crippen LogP contribution >= 0.6 is 23.2 Å². The molecule has 2 unspecified atom stereocenters. The molecule has 2 aromatic rings. The first-order valence-electron chi connectivity index (χ1n) is 7.81. The molecule has 0 amide bonds. The molecule has 1 aliphatic carbocycles. The van der Waals surface area contributed by atoms with Crippen LogP contribution in [0.5, 0.6) is 11.5 Å². The van der Waals surface area contributed by atoms with Crippen molar-refractivity contribution in [3.8, 4) is 11.5 Å². The highest BCUT2D eigenvalue weighted by molar-refractivity contribution is 6.55. The average molecular weight is 347 g/mol. The molecular formula is C20H20Cl2O. The molecule has 0 N–H and O–H groups in total. The van der Waals surface area contributed by atoms with Crippen molar-refractivity contribution in [3.63, 3.8) is 0 Å². The van der Waals surface area contributed by atoms with Gasteiger partial charge in [0.1, 0.15) is 16.0 Å². The fraction of sp³-hybridized carbons (Fsp3) is 0.300. The van der Waals surface area contributed by atoms with Gasteiger partial charge in [0, 0.05) is 0 Å². The van der Waals surface area contributed by atoms with E-state index in [1.165, 1.54) is 5.56 Å². The largest absolute Gasteiger partial charge is 0.457 e. The monoisotopic (exact) mass is 346 g/mol. The molecule has 0 heterocycles. The number of halogens is 2. The molecule has 1 nitrogen and oxygen atoms in total. The van der Waals surface area contributed by atoms with Gasteiger partial charge in [-0.05, 0) is 53.5 Å². The minimum absolute atomic E-state index is 0.241. The van der Waals surface area contributed by atoms with E-state index in [9.17, 15) is 0 Å². The molecule has 1 aliphatic rings. The van der Waals surface area contributed by atoms with Crippen LogP contribution in [-0.4, -0.2) is 0 Å². The van der Waals surface area contributed by atoms with E-state index in [1.54, 1.807) is 0 Å². The minimum Gasteiger partial charge on any atom is -0.457 e. The second-order valence-electron chi connectivity index (χ2n) is 6.68. The summed E-state index contributed by atoms with van der Waals surface area (Å²) in [6, 6.07) is 18.1. The first-order chi connectivity index (χ1) is 11.0. The molecule has 0 aliphatic heterocycles. The number of rotatable bonds is 5. The number of para-hydroxylation sites is 1. The first-order valence-corrected chi connectivity index (χ1v) is 8.57. The lowest BCUT2D eigenvalue weighted by Gasteiger charge is -2.08. The molecule has 0 radical (unpaired) electrons. The molecule has 0 aromatic heterocycles. The number of ether oxygens (including phenoxy) is 1. The second-order valence-corrected chi connectivity index (χ2v) is 7.68. The second kappa shape index (κ2) is 6.59. The fourth-order valence-corrected chi connectivity index (χ4v) is 3.53. The smallest absolute Gasteiger partial charge is 0.127 e. The Kier molecular flexibility index (Phi) is 4.70. The van der Waals surface area contributed by atoms with Crippen LogP contribution in [0.3, 0.4) is 0 Å². The Bertz CT molecular complexity index is 703. The van der Waals surface area contributed by atoms with E-state index in [0.717, 1.165) is 17.9 Å². The van der Waals surface area contributed by atoms with E-state index in [1.807, 2.05) is 48.5 Å². The summed E-state index contributed by atoms with van der Waals surface area (Å²) in [5.41, 5.74) is 1.52. The molecule has 3 rings (SSSR count). The van der Waals surface area contributed by atoms with Gasteiger partial charge in [-0.25, -0.2) is 0 Å². The summed E-state index contributed by atoms with van der Waals surface area (Å²) in [7, 11) is 0. The van der Waals surface area contributed by atoms with Crippen molar-refractivity contribution >= 4 is 23.2 Å². The van der Waals surface area contributed by atoms with Crippen LogP contribution in [0.25, 0.3) is 0 Å². The number of allylic oxidation sites excluding steroid dienone is 1. The Morgan fingerprint density at radius 1 is 1.04 bits per heavy atom. The van der Waals surface area contributed by atoms with E-state index in [2.05, 4.69) is 26.0 Å². The van der Waals surface area contributed by atoms with Gasteiger partial charge in [-0.15, -0.1) is 0 Å². The van der Waals surface area contributed by atoms with Crippen molar-refractivity contribution in [2.45, 2.75) is 20.3 Å². The van der Waals surface area contributed by atoms with Gasteiger partial charge in [0.05, 0.1) is 0 Å². The van der Waals surface area contributed by atoms with Crippen molar-refractivity contribution in [1.82, 2.24) is 0 Å². The number of benzene rings is 2. The molecule has 0 bridgehead atoms.